The Morgan fingerprint density at radius 2 is 1.55 bits per heavy atom. The number of allylic oxidation sites excluding steroid dienone is 3. The van der Waals surface area contributed by atoms with E-state index in [1.807, 2.05) is 0 Å². The Hall–Kier alpha value is -1.34. The van der Waals surface area contributed by atoms with Crippen molar-refractivity contribution >= 4 is 0 Å². The largest absolute Gasteiger partial charge is 0.378 e. The molecule has 4 rings (SSSR count). The lowest BCUT2D eigenvalue weighted by atomic mass is 9.78. The summed E-state index contributed by atoms with van der Waals surface area (Å²) in [5.41, 5.74) is 3.08. The molecule has 1 nitrogen and oxygen atoms in total. The fourth-order valence-electron chi connectivity index (χ4n) is 6.21. The number of benzene rings is 1. The standard InChI is InChI=1S/C30H44O/c1-3-5-24-6-12-26(13-7-24)28-16-18-29(19-17-28)27-14-8-25(9-15-27)22-31-30-20-10-23(4-2)11-21-30/h4,6,12,16-19,23-27,30H,2-3,5,7-11,13-15,20-22H2,1H3. The number of ether oxygens (including phenoxy) is 1. The summed E-state index contributed by atoms with van der Waals surface area (Å²) in [5, 5.41) is 0. The van der Waals surface area contributed by atoms with Gasteiger partial charge < -0.3 is 4.74 Å². The van der Waals surface area contributed by atoms with Crippen LogP contribution in [0.1, 0.15) is 107 Å². The molecular weight excluding hydrogens is 376 g/mol. The van der Waals surface area contributed by atoms with Gasteiger partial charge in [-0.05, 0) is 105 Å². The van der Waals surface area contributed by atoms with Crippen LogP contribution >= 0.6 is 0 Å². The van der Waals surface area contributed by atoms with Crippen molar-refractivity contribution in [2.24, 2.45) is 17.8 Å². The van der Waals surface area contributed by atoms with Gasteiger partial charge in [0.1, 0.15) is 0 Å². The minimum atomic E-state index is 0.507. The highest BCUT2D eigenvalue weighted by Crippen LogP contribution is 2.38. The molecule has 0 N–H and O–H groups in total. The molecule has 0 spiro atoms. The van der Waals surface area contributed by atoms with E-state index < -0.39 is 0 Å². The summed E-state index contributed by atoms with van der Waals surface area (Å²) in [6, 6.07) is 9.69. The van der Waals surface area contributed by atoms with Crippen molar-refractivity contribution in [3.05, 3.63) is 60.2 Å². The number of rotatable bonds is 8. The van der Waals surface area contributed by atoms with Gasteiger partial charge in [0.05, 0.1) is 6.10 Å². The van der Waals surface area contributed by atoms with Gasteiger partial charge in [-0.3, -0.25) is 0 Å². The predicted molar refractivity (Wildman–Crippen MR) is 133 cm³/mol. The number of hydrogen-bond acceptors (Lipinski definition) is 1. The van der Waals surface area contributed by atoms with E-state index in [1.54, 1.807) is 5.56 Å². The van der Waals surface area contributed by atoms with Gasteiger partial charge in [-0.15, -0.1) is 6.58 Å². The van der Waals surface area contributed by atoms with Gasteiger partial charge in [-0.1, -0.05) is 55.8 Å². The Balaban J connectivity index is 1.19. The smallest absolute Gasteiger partial charge is 0.0575 e. The van der Waals surface area contributed by atoms with E-state index in [-0.39, 0.29) is 0 Å². The van der Waals surface area contributed by atoms with E-state index in [2.05, 4.69) is 56.0 Å². The molecule has 0 bridgehead atoms. The molecule has 2 fully saturated rings. The van der Waals surface area contributed by atoms with Gasteiger partial charge in [0.15, 0.2) is 0 Å². The molecule has 0 aliphatic heterocycles. The SMILES string of the molecule is C=CC1CCC(OCC2CCC(c3ccc(C4C=CC(CCC)CC4)cc3)CC2)CC1. The van der Waals surface area contributed by atoms with Gasteiger partial charge in [0.2, 0.25) is 0 Å². The minimum absolute atomic E-state index is 0.507. The highest BCUT2D eigenvalue weighted by Gasteiger charge is 2.25. The summed E-state index contributed by atoms with van der Waals surface area (Å²) in [6.07, 6.45) is 23.3. The lowest BCUT2D eigenvalue weighted by molar-refractivity contribution is -0.00454. The molecule has 0 heterocycles. The summed E-state index contributed by atoms with van der Waals surface area (Å²) in [5.74, 6) is 3.72. The predicted octanol–water partition coefficient (Wildman–Crippen LogP) is 8.57. The molecule has 1 heteroatoms. The Bertz CT molecular complexity index is 686. The van der Waals surface area contributed by atoms with Crippen LogP contribution in [0.3, 0.4) is 0 Å². The van der Waals surface area contributed by atoms with Crippen LogP contribution in [0.15, 0.2) is 49.1 Å². The van der Waals surface area contributed by atoms with Crippen LogP contribution < -0.4 is 0 Å². The first-order valence-electron chi connectivity index (χ1n) is 13.3. The molecular formula is C30H44O. The molecule has 170 valence electrons. The van der Waals surface area contributed by atoms with E-state index in [1.165, 1.54) is 82.6 Å². The van der Waals surface area contributed by atoms with Crippen molar-refractivity contribution in [3.8, 4) is 0 Å². The molecule has 0 amide bonds. The van der Waals surface area contributed by atoms with Crippen LogP contribution in [0, 0.1) is 17.8 Å². The third-order valence-corrected chi connectivity index (χ3v) is 8.43. The summed E-state index contributed by atoms with van der Waals surface area (Å²) < 4.78 is 6.32. The monoisotopic (exact) mass is 420 g/mol. The van der Waals surface area contributed by atoms with Crippen LogP contribution in [0.2, 0.25) is 0 Å². The maximum absolute atomic E-state index is 6.32. The van der Waals surface area contributed by atoms with Crippen molar-refractivity contribution in [3.63, 3.8) is 0 Å². The molecule has 1 aromatic rings. The minimum Gasteiger partial charge on any atom is -0.378 e. The quantitative estimate of drug-likeness (QED) is 0.383. The first kappa shape index (κ1) is 22.8. The summed E-state index contributed by atoms with van der Waals surface area (Å²) in [4.78, 5) is 0. The molecule has 3 aliphatic rings. The molecule has 1 aromatic carbocycles. The Kier molecular flexibility index (Phi) is 8.48. The average molecular weight is 421 g/mol. The van der Waals surface area contributed by atoms with E-state index in [0.717, 1.165) is 30.3 Å². The van der Waals surface area contributed by atoms with Gasteiger partial charge in [0, 0.05) is 12.5 Å². The van der Waals surface area contributed by atoms with E-state index in [4.69, 9.17) is 4.74 Å². The fourth-order valence-corrected chi connectivity index (χ4v) is 6.21. The maximum Gasteiger partial charge on any atom is 0.0575 e. The Labute approximate surface area is 191 Å². The van der Waals surface area contributed by atoms with Gasteiger partial charge in [-0.2, -0.15) is 0 Å². The first-order valence-corrected chi connectivity index (χ1v) is 13.3. The first-order chi connectivity index (χ1) is 15.2. The van der Waals surface area contributed by atoms with Gasteiger partial charge in [-0.25, -0.2) is 0 Å². The highest BCUT2D eigenvalue weighted by molar-refractivity contribution is 5.31. The third kappa shape index (κ3) is 6.35. The van der Waals surface area contributed by atoms with Crippen LogP contribution in [0.5, 0.6) is 0 Å². The molecule has 2 unspecified atom stereocenters. The molecule has 2 atom stereocenters. The van der Waals surface area contributed by atoms with E-state index in [0.29, 0.717) is 12.0 Å². The van der Waals surface area contributed by atoms with Crippen molar-refractivity contribution in [2.45, 2.75) is 102 Å². The molecule has 2 saturated carbocycles. The van der Waals surface area contributed by atoms with Crippen molar-refractivity contribution < 1.29 is 4.74 Å². The molecule has 31 heavy (non-hydrogen) atoms. The van der Waals surface area contributed by atoms with Crippen molar-refractivity contribution in [1.29, 1.82) is 0 Å². The van der Waals surface area contributed by atoms with E-state index >= 15 is 0 Å². The maximum atomic E-state index is 6.32. The summed E-state index contributed by atoms with van der Waals surface area (Å²) >= 11 is 0. The second-order valence-corrected chi connectivity index (χ2v) is 10.6. The van der Waals surface area contributed by atoms with Crippen LogP contribution in [0.25, 0.3) is 0 Å². The van der Waals surface area contributed by atoms with E-state index in [9.17, 15) is 0 Å². The second kappa shape index (κ2) is 11.5. The lowest BCUT2D eigenvalue weighted by Gasteiger charge is -2.32. The normalized spacial score (nSPS) is 33.8. The second-order valence-electron chi connectivity index (χ2n) is 10.6. The fraction of sp³-hybridized carbons (Fsp3) is 0.667. The van der Waals surface area contributed by atoms with Gasteiger partial charge >= 0.3 is 0 Å². The average Bonchev–Trinajstić information content (AvgIpc) is 2.84. The summed E-state index contributed by atoms with van der Waals surface area (Å²) in [6.45, 7) is 7.24. The zero-order valence-electron chi connectivity index (χ0n) is 19.8. The molecule has 0 aromatic heterocycles. The highest BCUT2D eigenvalue weighted by atomic mass is 16.5. The Morgan fingerprint density at radius 3 is 2.16 bits per heavy atom. The Morgan fingerprint density at radius 1 is 0.839 bits per heavy atom. The topological polar surface area (TPSA) is 9.23 Å². The van der Waals surface area contributed by atoms with Crippen LogP contribution in [0.4, 0.5) is 0 Å². The number of hydrogen-bond donors (Lipinski definition) is 0. The molecule has 0 radical (unpaired) electrons. The lowest BCUT2D eigenvalue weighted by Crippen LogP contribution is -2.25. The zero-order valence-corrected chi connectivity index (χ0v) is 19.8. The van der Waals surface area contributed by atoms with Crippen molar-refractivity contribution in [2.75, 3.05) is 6.61 Å². The van der Waals surface area contributed by atoms with Gasteiger partial charge in [0.25, 0.3) is 0 Å². The van der Waals surface area contributed by atoms with Crippen LogP contribution in [-0.2, 0) is 4.74 Å². The summed E-state index contributed by atoms with van der Waals surface area (Å²) in [7, 11) is 0. The van der Waals surface area contributed by atoms with Crippen LogP contribution in [-0.4, -0.2) is 12.7 Å². The molecule has 3 aliphatic carbocycles. The van der Waals surface area contributed by atoms with Crippen molar-refractivity contribution in [1.82, 2.24) is 0 Å². The molecule has 0 saturated heterocycles. The zero-order chi connectivity index (χ0) is 21.5. The third-order valence-electron chi connectivity index (χ3n) is 8.43.